The topological polar surface area (TPSA) is 63.7 Å². The molecule has 0 aromatic heterocycles. The summed E-state index contributed by atoms with van der Waals surface area (Å²) in [4.78, 5) is 40.7. The molecule has 0 atom stereocenters. The van der Waals surface area contributed by atoms with Gasteiger partial charge in [-0.15, -0.1) is 0 Å². The molecule has 0 radical (unpaired) electrons. The number of hydrogen-bond acceptors (Lipinski definition) is 4. The molecular formula is C29H21NO4. The van der Waals surface area contributed by atoms with E-state index in [1.165, 1.54) is 4.90 Å². The Kier molecular flexibility index (Phi) is 3.87. The van der Waals surface area contributed by atoms with Crippen LogP contribution in [0.4, 0.5) is 0 Å². The number of esters is 1. The minimum atomic E-state index is -0.299. The number of ether oxygens (including phenoxy) is 1. The Morgan fingerprint density at radius 2 is 1.24 bits per heavy atom. The van der Waals surface area contributed by atoms with Crippen LogP contribution >= 0.6 is 0 Å². The zero-order valence-electron chi connectivity index (χ0n) is 18.7. The molecule has 0 N–H and O–H groups in total. The van der Waals surface area contributed by atoms with Crippen molar-refractivity contribution in [2.45, 2.75) is 32.8 Å². The normalized spacial score (nSPS) is 15.3. The second-order valence-electron chi connectivity index (χ2n) is 9.30. The molecule has 5 nitrogen and oxygen atoms in total. The van der Waals surface area contributed by atoms with Crippen molar-refractivity contribution in [1.29, 1.82) is 0 Å². The first-order valence-corrected chi connectivity index (χ1v) is 11.8. The fraction of sp³-hybridized carbons (Fsp3) is 0.207. The van der Waals surface area contributed by atoms with Gasteiger partial charge in [0.25, 0.3) is 11.8 Å². The van der Waals surface area contributed by atoms with Crippen molar-refractivity contribution in [3.63, 3.8) is 0 Å². The van der Waals surface area contributed by atoms with Gasteiger partial charge in [-0.1, -0.05) is 50.1 Å². The smallest absolute Gasteiger partial charge is 0.339 e. The number of rotatable bonds is 4. The Bertz CT molecular complexity index is 1660. The number of hydrogen-bond donors (Lipinski definition) is 0. The number of benzene rings is 5. The van der Waals surface area contributed by atoms with Gasteiger partial charge in [0.15, 0.2) is 0 Å². The molecular weight excluding hydrogens is 426 g/mol. The predicted octanol–water partition coefficient (Wildman–Crippen LogP) is 6.19. The fourth-order valence-corrected chi connectivity index (χ4v) is 5.93. The van der Waals surface area contributed by atoms with Gasteiger partial charge >= 0.3 is 5.97 Å². The Labute approximate surface area is 195 Å². The van der Waals surface area contributed by atoms with Crippen LogP contribution in [0.3, 0.4) is 0 Å². The molecule has 34 heavy (non-hydrogen) atoms. The number of amides is 2. The van der Waals surface area contributed by atoms with Gasteiger partial charge in [-0.2, -0.15) is 0 Å². The van der Waals surface area contributed by atoms with Gasteiger partial charge in [0.1, 0.15) is 6.61 Å². The fourth-order valence-electron chi connectivity index (χ4n) is 5.93. The zero-order chi connectivity index (χ0) is 23.1. The van der Waals surface area contributed by atoms with Gasteiger partial charge in [-0.05, 0) is 62.5 Å². The van der Waals surface area contributed by atoms with Crippen LogP contribution in [0.1, 0.15) is 62.8 Å². The lowest BCUT2D eigenvalue weighted by atomic mass is 9.83. The van der Waals surface area contributed by atoms with Crippen molar-refractivity contribution in [3.8, 4) is 0 Å². The largest absolute Gasteiger partial charge is 0.457 e. The molecule has 2 heterocycles. The number of cyclic esters (lactones) is 1. The standard InChI is InChI=1S/C29H21NO4/c1-2-3-4-13-30-27(31)20-10-7-18-16-6-5-15-14-34-29(33)22-12-9-17(24(16)23(15)22)19-8-11-21(28(30)32)26(20)25(18)19/h5-12H,2-4,13-14H2,1H3. The summed E-state index contributed by atoms with van der Waals surface area (Å²) in [6.07, 6.45) is 2.82. The third-order valence-electron chi connectivity index (χ3n) is 7.50. The van der Waals surface area contributed by atoms with Crippen molar-refractivity contribution in [1.82, 2.24) is 4.90 Å². The van der Waals surface area contributed by atoms with Gasteiger partial charge < -0.3 is 4.74 Å². The number of nitrogens with zero attached hydrogens (tertiary/aromatic N) is 1. The maximum atomic E-state index is 13.4. The first-order valence-electron chi connectivity index (χ1n) is 11.8. The van der Waals surface area contributed by atoms with E-state index in [2.05, 4.69) is 13.0 Å². The second-order valence-corrected chi connectivity index (χ2v) is 9.30. The molecule has 5 aromatic carbocycles. The molecule has 0 spiro atoms. The first kappa shape index (κ1) is 19.5. The minimum Gasteiger partial charge on any atom is -0.457 e. The molecule has 2 aliphatic heterocycles. The molecule has 0 saturated carbocycles. The Morgan fingerprint density at radius 3 is 1.85 bits per heavy atom. The van der Waals surface area contributed by atoms with E-state index in [1.807, 2.05) is 42.5 Å². The molecule has 166 valence electrons. The monoisotopic (exact) mass is 447 g/mol. The van der Waals surface area contributed by atoms with Crippen LogP contribution in [0.2, 0.25) is 0 Å². The van der Waals surface area contributed by atoms with E-state index in [0.29, 0.717) is 23.2 Å². The molecule has 5 heteroatoms. The molecule has 0 saturated heterocycles. The van der Waals surface area contributed by atoms with Crippen molar-refractivity contribution in [2.24, 2.45) is 0 Å². The van der Waals surface area contributed by atoms with Crippen LogP contribution in [-0.4, -0.2) is 29.2 Å². The van der Waals surface area contributed by atoms with Gasteiger partial charge in [-0.3, -0.25) is 14.5 Å². The van der Waals surface area contributed by atoms with Crippen LogP contribution in [0.5, 0.6) is 0 Å². The van der Waals surface area contributed by atoms with E-state index in [9.17, 15) is 14.4 Å². The van der Waals surface area contributed by atoms with Crippen LogP contribution in [0.15, 0.2) is 48.5 Å². The average molecular weight is 447 g/mol. The second kappa shape index (κ2) is 6.76. The highest BCUT2D eigenvalue weighted by molar-refractivity contribution is 6.39. The molecule has 2 aliphatic rings. The summed E-state index contributed by atoms with van der Waals surface area (Å²) < 4.78 is 5.36. The van der Waals surface area contributed by atoms with E-state index in [-0.39, 0.29) is 24.4 Å². The van der Waals surface area contributed by atoms with E-state index >= 15 is 0 Å². The van der Waals surface area contributed by atoms with Crippen molar-refractivity contribution >= 4 is 60.9 Å². The molecule has 0 fully saturated rings. The Balaban J connectivity index is 1.58. The number of fused-ring (bicyclic) bond motifs is 2. The molecule has 0 aliphatic carbocycles. The van der Waals surface area contributed by atoms with E-state index in [0.717, 1.165) is 67.9 Å². The molecule has 5 aromatic rings. The molecule has 0 bridgehead atoms. The Hall–Kier alpha value is -3.99. The highest BCUT2D eigenvalue weighted by atomic mass is 16.5. The lowest BCUT2D eigenvalue weighted by molar-refractivity contribution is 0.0462. The van der Waals surface area contributed by atoms with Gasteiger partial charge in [-0.25, -0.2) is 4.79 Å². The third kappa shape index (κ3) is 2.31. The maximum absolute atomic E-state index is 13.4. The zero-order valence-corrected chi connectivity index (χ0v) is 18.7. The highest BCUT2D eigenvalue weighted by Crippen LogP contribution is 2.45. The lowest BCUT2D eigenvalue weighted by Crippen LogP contribution is -2.40. The van der Waals surface area contributed by atoms with Crippen molar-refractivity contribution in [3.05, 3.63) is 70.8 Å². The van der Waals surface area contributed by atoms with Crippen molar-refractivity contribution in [2.75, 3.05) is 6.54 Å². The van der Waals surface area contributed by atoms with Gasteiger partial charge in [0.05, 0.1) is 5.56 Å². The third-order valence-corrected chi connectivity index (χ3v) is 7.50. The van der Waals surface area contributed by atoms with Crippen LogP contribution in [0, 0.1) is 0 Å². The summed E-state index contributed by atoms with van der Waals surface area (Å²) >= 11 is 0. The summed E-state index contributed by atoms with van der Waals surface area (Å²) in [5, 5.41) is 7.69. The number of carbonyl (C=O) groups is 3. The van der Waals surface area contributed by atoms with Crippen LogP contribution < -0.4 is 0 Å². The minimum absolute atomic E-state index is 0.212. The van der Waals surface area contributed by atoms with Gasteiger partial charge in [0.2, 0.25) is 0 Å². The number of carbonyl (C=O) groups excluding carboxylic acids is 3. The number of unbranched alkanes of at least 4 members (excludes halogenated alkanes) is 2. The predicted molar refractivity (Wildman–Crippen MR) is 132 cm³/mol. The summed E-state index contributed by atoms with van der Waals surface area (Å²) in [6, 6.07) is 15.6. The SMILES string of the molecule is CCCCCN1C(=O)c2ccc3c4ccc5c6c(ccc(c7ccc(c2c37)C1=O)c64)C(=O)OC5. The quantitative estimate of drug-likeness (QED) is 0.108. The summed E-state index contributed by atoms with van der Waals surface area (Å²) in [6.45, 7) is 2.82. The highest BCUT2D eigenvalue weighted by Gasteiger charge is 2.34. The summed E-state index contributed by atoms with van der Waals surface area (Å²) in [5.41, 5.74) is 2.76. The average Bonchev–Trinajstić information content (AvgIpc) is 2.86. The van der Waals surface area contributed by atoms with Gasteiger partial charge in [0, 0.05) is 28.4 Å². The van der Waals surface area contributed by atoms with E-state index < -0.39 is 0 Å². The summed E-state index contributed by atoms with van der Waals surface area (Å²) in [7, 11) is 0. The maximum Gasteiger partial charge on any atom is 0.339 e. The molecule has 0 unspecified atom stereocenters. The Morgan fingerprint density at radius 1 is 0.676 bits per heavy atom. The van der Waals surface area contributed by atoms with Crippen LogP contribution in [-0.2, 0) is 11.3 Å². The van der Waals surface area contributed by atoms with Crippen LogP contribution in [0.25, 0.3) is 43.1 Å². The first-order chi connectivity index (χ1) is 16.6. The summed E-state index contributed by atoms with van der Waals surface area (Å²) in [5.74, 6) is -0.723. The van der Waals surface area contributed by atoms with Crippen molar-refractivity contribution < 1.29 is 19.1 Å². The van der Waals surface area contributed by atoms with E-state index in [1.54, 1.807) is 0 Å². The number of imide groups is 1. The lowest BCUT2D eigenvalue weighted by Gasteiger charge is -2.29. The molecule has 7 rings (SSSR count). The van der Waals surface area contributed by atoms with E-state index in [4.69, 9.17) is 4.74 Å². The molecule has 2 amide bonds.